The molecule has 0 radical (unpaired) electrons. The molecule has 2 aromatic carbocycles. The van der Waals surface area contributed by atoms with Crippen molar-refractivity contribution in [1.82, 2.24) is 14.9 Å². The van der Waals surface area contributed by atoms with Gasteiger partial charge in [-0.1, -0.05) is 34.1 Å². The van der Waals surface area contributed by atoms with E-state index in [4.69, 9.17) is 0 Å². The van der Waals surface area contributed by atoms with Crippen LogP contribution in [0.4, 0.5) is 24.9 Å². The highest BCUT2D eigenvalue weighted by molar-refractivity contribution is 9.10. The lowest BCUT2D eigenvalue weighted by Gasteiger charge is -2.36. The summed E-state index contributed by atoms with van der Waals surface area (Å²) in [5.41, 5.74) is 1.05. The van der Waals surface area contributed by atoms with Gasteiger partial charge in [-0.25, -0.2) is 4.98 Å². The van der Waals surface area contributed by atoms with Crippen LogP contribution in [0.5, 0.6) is 5.75 Å². The highest BCUT2D eigenvalue weighted by atomic mass is 79.9. The normalized spacial score (nSPS) is 16.1. The molecule has 1 aliphatic rings. The minimum atomic E-state index is -4.85. The van der Waals surface area contributed by atoms with Gasteiger partial charge in [-0.2, -0.15) is 4.98 Å². The number of carbonyl (C=O) groups excluding carboxylic acids is 1. The first-order valence-electron chi connectivity index (χ1n) is 11.6. The monoisotopic (exact) mass is 565 g/mol. The molecule has 1 unspecified atom stereocenters. The number of alkyl halides is 3. The van der Waals surface area contributed by atoms with Crippen LogP contribution in [-0.2, 0) is 4.79 Å². The number of anilines is 2. The minimum Gasteiger partial charge on any atom is -0.405 e. The number of ether oxygens (including phenoxy) is 1. The molecule has 1 aromatic heterocycles. The fraction of sp³-hybridized carbons (Fsp3) is 0.400. The maximum Gasteiger partial charge on any atom is 0.573 e. The van der Waals surface area contributed by atoms with E-state index < -0.39 is 12.4 Å². The summed E-state index contributed by atoms with van der Waals surface area (Å²) in [5.74, 6) is 1.32. The van der Waals surface area contributed by atoms with Crippen molar-refractivity contribution in [2.45, 2.75) is 25.2 Å². The van der Waals surface area contributed by atoms with Gasteiger partial charge in [0.1, 0.15) is 17.9 Å². The molecular formula is C25H27BrF3N5O2. The third-order valence-corrected chi connectivity index (χ3v) is 6.74. The topological polar surface area (TPSA) is 70.6 Å². The van der Waals surface area contributed by atoms with Crippen molar-refractivity contribution in [1.29, 1.82) is 0 Å². The van der Waals surface area contributed by atoms with Gasteiger partial charge in [-0.05, 0) is 56.1 Å². The first-order valence-corrected chi connectivity index (χ1v) is 12.4. The predicted octanol–water partition coefficient (Wildman–Crippen LogP) is 5.42. The summed E-state index contributed by atoms with van der Waals surface area (Å²) >= 11 is 3.17. The molecule has 4 rings (SSSR count). The molecule has 0 saturated carbocycles. The lowest BCUT2D eigenvalue weighted by Crippen LogP contribution is -2.39. The molecule has 1 aliphatic heterocycles. The van der Waals surface area contributed by atoms with Crippen molar-refractivity contribution in [3.8, 4) is 5.75 Å². The van der Waals surface area contributed by atoms with Crippen molar-refractivity contribution in [2.24, 2.45) is 5.92 Å². The maximum atomic E-state index is 12.9. The number of aromatic nitrogens is 2. The van der Waals surface area contributed by atoms with Gasteiger partial charge in [-0.3, -0.25) is 4.90 Å². The average Bonchev–Trinajstić information content (AvgIpc) is 2.83. The number of halogens is 4. The third-order valence-electron chi connectivity index (χ3n) is 6.25. The summed E-state index contributed by atoms with van der Waals surface area (Å²) < 4.78 is 43.5. The fourth-order valence-corrected chi connectivity index (χ4v) is 4.81. The van der Waals surface area contributed by atoms with Crippen LogP contribution >= 0.6 is 15.9 Å². The number of piperidine rings is 1. The number of aldehydes is 1. The van der Waals surface area contributed by atoms with E-state index in [-0.39, 0.29) is 11.3 Å². The zero-order valence-corrected chi connectivity index (χ0v) is 21.5. The summed E-state index contributed by atoms with van der Waals surface area (Å²) in [6.07, 6.45) is -2.62. The molecule has 0 bridgehead atoms. The second kappa shape index (κ2) is 11.0. The summed E-state index contributed by atoms with van der Waals surface area (Å²) in [7, 11) is 3.88. The summed E-state index contributed by atoms with van der Waals surface area (Å²) in [4.78, 5) is 25.1. The number of benzene rings is 2. The first-order chi connectivity index (χ1) is 17.1. The Morgan fingerprint density at radius 1 is 1.19 bits per heavy atom. The summed E-state index contributed by atoms with van der Waals surface area (Å²) in [5, 5.41) is 4.32. The number of fused-ring (bicyclic) bond motifs is 1. The van der Waals surface area contributed by atoms with E-state index in [2.05, 4.69) is 36.0 Å². The van der Waals surface area contributed by atoms with Crippen LogP contribution in [0.25, 0.3) is 10.9 Å². The van der Waals surface area contributed by atoms with Crippen molar-refractivity contribution in [3.63, 3.8) is 0 Å². The number of carbonyl (C=O) groups is 1. The molecule has 0 spiro atoms. The third kappa shape index (κ3) is 6.25. The maximum absolute atomic E-state index is 12.9. The number of hydrogen-bond donors (Lipinski definition) is 1. The van der Waals surface area contributed by atoms with Crippen molar-refractivity contribution in [3.05, 3.63) is 52.5 Å². The Morgan fingerprint density at radius 3 is 2.58 bits per heavy atom. The molecule has 2 heterocycles. The van der Waals surface area contributed by atoms with E-state index in [9.17, 15) is 18.0 Å². The Balaban J connectivity index is 1.41. The van der Waals surface area contributed by atoms with Crippen LogP contribution in [0.2, 0.25) is 0 Å². The molecule has 192 valence electrons. The number of para-hydroxylation sites is 1. The van der Waals surface area contributed by atoms with Crippen LogP contribution in [0.15, 0.2) is 46.9 Å². The zero-order chi connectivity index (χ0) is 25.9. The predicted molar refractivity (Wildman–Crippen MR) is 136 cm³/mol. The van der Waals surface area contributed by atoms with E-state index in [0.717, 1.165) is 29.6 Å². The van der Waals surface area contributed by atoms with E-state index in [1.165, 1.54) is 12.1 Å². The molecule has 7 nitrogen and oxygen atoms in total. The Labute approximate surface area is 215 Å². The molecule has 3 aromatic rings. The lowest BCUT2D eigenvalue weighted by molar-refractivity contribution is -0.275. The van der Waals surface area contributed by atoms with Gasteiger partial charge in [-0.15, -0.1) is 13.2 Å². The molecule has 36 heavy (non-hydrogen) atoms. The molecule has 0 aliphatic carbocycles. The van der Waals surface area contributed by atoms with Gasteiger partial charge in [0.25, 0.3) is 0 Å². The standard InChI is InChI=1S/C25H27BrF3N5O2/c1-33(2)23-18-5-3-4-6-20(18)31-24(32-23)30-14-16-9-11-34(12-10-16)21(15-35)19-8-7-17(26)13-22(19)36-25(27,28)29/h3-8,13,15-16,21H,9-12,14H2,1-2H3,(H,30,31,32). The van der Waals surface area contributed by atoms with E-state index in [1.54, 1.807) is 6.07 Å². The van der Waals surface area contributed by atoms with Gasteiger partial charge in [0, 0.05) is 36.1 Å². The SMILES string of the molecule is CN(C)c1nc(NCC2CCN(C(C=O)c3ccc(Br)cc3OC(F)(F)F)CC2)nc2ccccc12. The molecule has 1 atom stereocenters. The second-order valence-electron chi connectivity index (χ2n) is 8.95. The Bertz CT molecular complexity index is 1220. The number of likely N-dealkylation sites (tertiary alicyclic amines) is 1. The Kier molecular flexibility index (Phi) is 7.99. The number of rotatable bonds is 8. The highest BCUT2D eigenvalue weighted by Gasteiger charge is 2.35. The first kappa shape index (κ1) is 26.2. The molecule has 11 heteroatoms. The average molecular weight is 566 g/mol. The van der Waals surface area contributed by atoms with Crippen LogP contribution in [0, 0.1) is 5.92 Å². The largest absolute Gasteiger partial charge is 0.573 e. The highest BCUT2D eigenvalue weighted by Crippen LogP contribution is 2.36. The van der Waals surface area contributed by atoms with E-state index in [0.29, 0.717) is 42.3 Å². The quantitative estimate of drug-likeness (QED) is 0.365. The molecule has 0 amide bonds. The van der Waals surface area contributed by atoms with Gasteiger partial charge in [0.05, 0.1) is 11.6 Å². The van der Waals surface area contributed by atoms with Gasteiger partial charge < -0.3 is 19.7 Å². The van der Waals surface area contributed by atoms with E-state index >= 15 is 0 Å². The van der Waals surface area contributed by atoms with Gasteiger partial charge in [0.2, 0.25) is 5.95 Å². The molecule has 1 N–H and O–H groups in total. The van der Waals surface area contributed by atoms with Crippen LogP contribution in [0.3, 0.4) is 0 Å². The molecule has 1 fully saturated rings. The summed E-state index contributed by atoms with van der Waals surface area (Å²) in [6.45, 7) is 1.79. The van der Waals surface area contributed by atoms with Crippen LogP contribution in [0.1, 0.15) is 24.4 Å². The second-order valence-corrected chi connectivity index (χ2v) is 9.87. The Morgan fingerprint density at radius 2 is 1.92 bits per heavy atom. The number of hydrogen-bond acceptors (Lipinski definition) is 7. The van der Waals surface area contributed by atoms with Crippen LogP contribution < -0.4 is 15.0 Å². The smallest absolute Gasteiger partial charge is 0.405 e. The van der Waals surface area contributed by atoms with Gasteiger partial charge in [0.15, 0.2) is 0 Å². The number of nitrogens with zero attached hydrogens (tertiary/aromatic N) is 4. The fourth-order valence-electron chi connectivity index (χ4n) is 4.47. The summed E-state index contributed by atoms with van der Waals surface area (Å²) in [6, 6.07) is 11.4. The van der Waals surface area contributed by atoms with E-state index in [1.807, 2.05) is 48.2 Å². The molecule has 1 saturated heterocycles. The molecular weight excluding hydrogens is 539 g/mol. The Hall–Kier alpha value is -2.92. The van der Waals surface area contributed by atoms with Crippen molar-refractivity contribution >= 4 is 44.9 Å². The minimum absolute atomic E-state index is 0.197. The lowest BCUT2D eigenvalue weighted by atomic mass is 9.94. The number of nitrogens with one attached hydrogen (secondary N) is 1. The van der Waals surface area contributed by atoms with Gasteiger partial charge >= 0.3 is 6.36 Å². The van der Waals surface area contributed by atoms with Crippen LogP contribution in [-0.4, -0.2) is 61.2 Å². The van der Waals surface area contributed by atoms with Crippen molar-refractivity contribution in [2.75, 3.05) is 43.9 Å². The van der Waals surface area contributed by atoms with Crippen molar-refractivity contribution < 1.29 is 22.7 Å². The zero-order valence-electron chi connectivity index (χ0n) is 19.9.